The summed E-state index contributed by atoms with van der Waals surface area (Å²) < 4.78 is 41.9. The van der Waals surface area contributed by atoms with Crippen LogP contribution >= 0.6 is 0 Å². The Morgan fingerprint density at radius 3 is 2.77 bits per heavy atom. The van der Waals surface area contributed by atoms with E-state index in [1.165, 1.54) is 11.1 Å². The summed E-state index contributed by atoms with van der Waals surface area (Å²) >= 11 is 0. The quantitative estimate of drug-likeness (QED) is 0.419. The van der Waals surface area contributed by atoms with Crippen LogP contribution < -0.4 is 10.1 Å². The Balaban J connectivity index is 1.75. The number of rotatable bonds is 8. The largest absolute Gasteiger partial charge is 0.482 e. The number of carbonyl (C=O) groups is 2. The third-order valence-electron chi connectivity index (χ3n) is 5.58. The van der Waals surface area contributed by atoms with Gasteiger partial charge >= 0.3 is 6.18 Å². The van der Waals surface area contributed by atoms with Crippen molar-refractivity contribution in [1.29, 1.82) is 5.41 Å². The van der Waals surface area contributed by atoms with Gasteiger partial charge in [-0.1, -0.05) is 12.2 Å². The molecule has 0 radical (unpaired) electrons. The number of aliphatic hydroxyl groups excluding tert-OH is 1. The van der Waals surface area contributed by atoms with Crippen LogP contribution in [0.2, 0.25) is 0 Å². The molecule has 3 rings (SSSR count). The van der Waals surface area contributed by atoms with Gasteiger partial charge in [0.25, 0.3) is 5.91 Å². The maximum absolute atomic E-state index is 12.9. The molecule has 3 N–H and O–H groups in total. The van der Waals surface area contributed by atoms with Crippen LogP contribution in [0.1, 0.15) is 24.2 Å². The molecule has 3 atom stereocenters. The molecule has 0 aromatic carbocycles. The van der Waals surface area contributed by atoms with Gasteiger partial charge in [0.05, 0.1) is 35.9 Å². The van der Waals surface area contributed by atoms with Crippen LogP contribution in [0.3, 0.4) is 0 Å². The predicted molar refractivity (Wildman–Crippen MR) is 104 cm³/mol. The lowest BCUT2D eigenvalue weighted by atomic mass is 9.65. The highest BCUT2D eigenvalue weighted by Crippen LogP contribution is 2.49. The Bertz CT molecular complexity index is 933. The molecule has 1 aromatic heterocycles. The number of nitrogens with one attached hydrogen (secondary N) is 2. The van der Waals surface area contributed by atoms with E-state index in [0.29, 0.717) is 11.3 Å². The number of carbonyl (C=O) groups excluding carboxylic acids is 2. The monoisotopic (exact) mass is 440 g/mol. The van der Waals surface area contributed by atoms with Crippen molar-refractivity contribution in [2.24, 2.45) is 11.3 Å². The molecule has 8 nitrogen and oxygen atoms in total. The maximum atomic E-state index is 12.9. The Morgan fingerprint density at radius 2 is 2.23 bits per heavy atom. The number of ether oxygens (including phenoxy) is 1. The van der Waals surface area contributed by atoms with Gasteiger partial charge in [-0.25, -0.2) is 0 Å². The summed E-state index contributed by atoms with van der Waals surface area (Å²) in [6.45, 7) is 1.73. The van der Waals surface area contributed by atoms with Crippen molar-refractivity contribution in [2.45, 2.75) is 26.1 Å². The zero-order chi connectivity index (χ0) is 23.0. The lowest BCUT2D eigenvalue weighted by molar-refractivity contribution is -0.153. The normalized spacial score (nSPS) is 23.2. The first-order valence-corrected chi connectivity index (χ1v) is 9.64. The second-order valence-corrected chi connectivity index (χ2v) is 7.65. The van der Waals surface area contributed by atoms with E-state index in [-0.39, 0.29) is 37.1 Å². The average molecular weight is 440 g/mol. The number of alkyl halides is 3. The number of hydrogen-bond donors (Lipinski definition) is 3. The molecule has 1 saturated heterocycles. The number of likely N-dealkylation sites (tertiary alicyclic amines) is 1. The van der Waals surface area contributed by atoms with Gasteiger partial charge in [0.1, 0.15) is 11.5 Å². The lowest BCUT2D eigenvalue weighted by Crippen LogP contribution is -2.49. The highest BCUT2D eigenvalue weighted by atomic mass is 19.4. The van der Waals surface area contributed by atoms with Gasteiger partial charge in [0.15, 0.2) is 6.61 Å². The molecular weight excluding hydrogens is 417 g/mol. The molecular formula is C20H23F3N4O4. The second-order valence-electron chi connectivity index (χ2n) is 7.65. The molecule has 1 aromatic rings. The van der Waals surface area contributed by atoms with Crippen molar-refractivity contribution in [3.8, 4) is 5.75 Å². The Labute approximate surface area is 176 Å². The van der Waals surface area contributed by atoms with E-state index in [2.05, 4.69) is 10.3 Å². The predicted octanol–water partition coefficient (Wildman–Crippen LogP) is 1.53. The van der Waals surface area contributed by atoms with Crippen LogP contribution in [0.25, 0.3) is 0 Å². The number of aromatic nitrogens is 1. The summed E-state index contributed by atoms with van der Waals surface area (Å²) in [5.74, 6) is -1.54. The number of aryl methyl sites for hydroxylation is 1. The molecule has 0 saturated carbocycles. The van der Waals surface area contributed by atoms with Crippen molar-refractivity contribution in [3.05, 3.63) is 35.7 Å². The third kappa shape index (κ3) is 4.27. The smallest absolute Gasteiger partial charge is 0.422 e. The lowest BCUT2D eigenvalue weighted by Gasteiger charge is -2.35. The molecule has 11 heteroatoms. The van der Waals surface area contributed by atoms with Crippen LogP contribution in [-0.2, 0) is 9.59 Å². The van der Waals surface area contributed by atoms with Crippen LogP contribution in [0.15, 0.2) is 24.4 Å². The molecule has 168 valence electrons. The number of hydrogen-bond acceptors (Lipinski definition) is 6. The van der Waals surface area contributed by atoms with Gasteiger partial charge in [-0.2, -0.15) is 13.2 Å². The minimum absolute atomic E-state index is 0.00145. The maximum Gasteiger partial charge on any atom is 0.422 e. The SMILES string of the molecule is Cc1cc(C(C)N2C[C@@]3(C(=N)C(=O)NCCO)C=CC3C2=O)ncc1OCC(F)(F)F. The Morgan fingerprint density at radius 1 is 1.52 bits per heavy atom. The summed E-state index contributed by atoms with van der Waals surface area (Å²) in [4.78, 5) is 30.8. The molecule has 2 aliphatic rings. The summed E-state index contributed by atoms with van der Waals surface area (Å²) in [5, 5.41) is 19.6. The average Bonchev–Trinajstić information content (AvgIpc) is 2.88. The number of amides is 2. The fourth-order valence-electron chi connectivity index (χ4n) is 3.80. The summed E-state index contributed by atoms with van der Waals surface area (Å²) in [7, 11) is 0. The highest BCUT2D eigenvalue weighted by Gasteiger charge is 2.59. The highest BCUT2D eigenvalue weighted by molar-refractivity contribution is 6.41. The van der Waals surface area contributed by atoms with E-state index in [0.717, 1.165) is 0 Å². The van der Waals surface area contributed by atoms with E-state index in [1.54, 1.807) is 32.1 Å². The van der Waals surface area contributed by atoms with Crippen molar-refractivity contribution in [2.75, 3.05) is 26.3 Å². The topological polar surface area (TPSA) is 116 Å². The van der Waals surface area contributed by atoms with E-state index in [1.807, 2.05) is 0 Å². The number of halogens is 3. The Hall–Kier alpha value is -2.95. The van der Waals surface area contributed by atoms with Crippen LogP contribution in [0.4, 0.5) is 13.2 Å². The van der Waals surface area contributed by atoms with Gasteiger partial charge in [0.2, 0.25) is 5.91 Å². The zero-order valence-electron chi connectivity index (χ0n) is 17.0. The zero-order valence-corrected chi connectivity index (χ0v) is 17.0. The van der Waals surface area contributed by atoms with Crippen molar-refractivity contribution >= 4 is 17.5 Å². The number of fused-ring (bicyclic) bond motifs is 1. The molecule has 2 unspecified atom stereocenters. The third-order valence-corrected chi connectivity index (χ3v) is 5.58. The second kappa shape index (κ2) is 8.29. The molecule has 1 aliphatic heterocycles. The standard InChI is InChI=1S/C20H23F3N4O4/c1-11-7-14(26-8-15(11)31-10-20(21,22)23)12(2)27-9-19(4-3-13(19)18(27)30)16(24)17(29)25-5-6-28/h3-4,7-8,12-13,24,28H,5-6,9-10H2,1-2H3,(H,25,29)/t12?,13?,19-/m0/s1. The molecule has 31 heavy (non-hydrogen) atoms. The fraction of sp³-hybridized carbons (Fsp3) is 0.500. The minimum Gasteiger partial charge on any atom is -0.482 e. The Kier molecular flexibility index (Phi) is 6.08. The molecule has 0 spiro atoms. The van der Waals surface area contributed by atoms with Gasteiger partial charge in [-0.05, 0) is 25.5 Å². The first kappa shape index (κ1) is 22.7. The van der Waals surface area contributed by atoms with Crippen molar-refractivity contribution < 1.29 is 32.6 Å². The summed E-state index contributed by atoms with van der Waals surface area (Å²) in [5.41, 5.74) is -0.399. The fourth-order valence-corrected chi connectivity index (χ4v) is 3.80. The number of pyridine rings is 1. The van der Waals surface area contributed by atoms with Crippen molar-refractivity contribution in [3.63, 3.8) is 0 Å². The van der Waals surface area contributed by atoms with Gasteiger partial charge in [-0.15, -0.1) is 0 Å². The first-order valence-electron chi connectivity index (χ1n) is 9.64. The van der Waals surface area contributed by atoms with Crippen LogP contribution in [0.5, 0.6) is 5.75 Å². The van der Waals surface area contributed by atoms with Gasteiger partial charge < -0.3 is 20.1 Å². The van der Waals surface area contributed by atoms with Gasteiger partial charge in [0, 0.05) is 13.1 Å². The van der Waals surface area contributed by atoms with Crippen LogP contribution in [0, 0.1) is 23.7 Å². The molecule has 1 fully saturated rings. The minimum atomic E-state index is -4.46. The van der Waals surface area contributed by atoms with E-state index in [4.69, 9.17) is 15.3 Å². The van der Waals surface area contributed by atoms with E-state index < -0.39 is 36.1 Å². The first-order chi connectivity index (χ1) is 14.5. The van der Waals surface area contributed by atoms with E-state index in [9.17, 15) is 22.8 Å². The number of aliphatic hydroxyl groups is 1. The molecule has 2 heterocycles. The summed E-state index contributed by atoms with van der Waals surface area (Å²) in [6, 6.07) is 1.03. The molecule has 1 aliphatic carbocycles. The molecule has 0 bridgehead atoms. The molecule has 2 amide bonds. The van der Waals surface area contributed by atoms with E-state index >= 15 is 0 Å². The van der Waals surface area contributed by atoms with Crippen LogP contribution in [-0.4, -0.2) is 65.0 Å². The van der Waals surface area contributed by atoms with Gasteiger partial charge in [-0.3, -0.25) is 20.0 Å². The number of nitrogens with zero attached hydrogens (tertiary/aromatic N) is 2. The summed E-state index contributed by atoms with van der Waals surface area (Å²) in [6.07, 6.45) is 0.0426. The van der Waals surface area contributed by atoms with Crippen molar-refractivity contribution in [1.82, 2.24) is 15.2 Å².